The second kappa shape index (κ2) is 6.59. The first-order chi connectivity index (χ1) is 8.00. The third kappa shape index (κ3) is 4.72. The van der Waals surface area contributed by atoms with Crippen LogP contribution in [0.5, 0.6) is 5.75 Å². The van der Waals surface area contributed by atoms with Gasteiger partial charge in [-0.05, 0) is 19.9 Å². The Morgan fingerprint density at radius 2 is 2.00 bits per heavy atom. The maximum atomic E-state index is 13.3. The highest BCUT2D eigenvalue weighted by atomic mass is 19.1. The molecule has 0 aromatic heterocycles. The highest BCUT2D eigenvalue weighted by molar-refractivity contribution is 6.58. The molecule has 6 heteroatoms. The van der Waals surface area contributed by atoms with Crippen LogP contribution in [0.15, 0.2) is 18.2 Å². The van der Waals surface area contributed by atoms with Crippen LogP contribution in [0, 0.1) is 5.82 Å². The number of hydrogen-bond donors (Lipinski definition) is 2. The van der Waals surface area contributed by atoms with Gasteiger partial charge in [0.25, 0.3) is 0 Å². The van der Waals surface area contributed by atoms with Gasteiger partial charge >= 0.3 is 7.12 Å². The zero-order valence-corrected chi connectivity index (χ0v) is 9.89. The fourth-order valence-electron chi connectivity index (χ4n) is 1.25. The van der Waals surface area contributed by atoms with Gasteiger partial charge in [-0.15, -0.1) is 0 Å². The summed E-state index contributed by atoms with van der Waals surface area (Å²) in [4.78, 5) is 0. The Bertz CT molecular complexity index is 357. The maximum Gasteiger partial charge on any atom is 0.491 e. The largest absolute Gasteiger partial charge is 0.491 e. The fourth-order valence-corrected chi connectivity index (χ4v) is 1.25. The number of ether oxygens (including phenoxy) is 2. The normalized spacial score (nSPS) is 10.7. The summed E-state index contributed by atoms with van der Waals surface area (Å²) in [5.41, 5.74) is -0.171. The summed E-state index contributed by atoms with van der Waals surface area (Å²) in [7, 11) is -1.81. The molecule has 4 nitrogen and oxygen atoms in total. The predicted octanol–water partition coefficient (Wildman–Crippen LogP) is 0.309. The van der Waals surface area contributed by atoms with Crippen molar-refractivity contribution in [2.24, 2.45) is 0 Å². The van der Waals surface area contributed by atoms with Crippen molar-refractivity contribution in [2.45, 2.75) is 20.0 Å². The average molecular weight is 242 g/mol. The van der Waals surface area contributed by atoms with Gasteiger partial charge in [-0.2, -0.15) is 0 Å². The minimum Gasteiger partial charge on any atom is -0.491 e. The molecule has 0 aliphatic carbocycles. The summed E-state index contributed by atoms with van der Waals surface area (Å²) < 4.78 is 23.8. The van der Waals surface area contributed by atoms with Gasteiger partial charge in [-0.25, -0.2) is 4.39 Å². The summed E-state index contributed by atoms with van der Waals surface area (Å²) >= 11 is 0. The van der Waals surface area contributed by atoms with Crippen molar-refractivity contribution in [3.63, 3.8) is 0 Å². The van der Waals surface area contributed by atoms with E-state index in [1.807, 2.05) is 13.8 Å². The zero-order chi connectivity index (χ0) is 12.8. The van der Waals surface area contributed by atoms with Crippen LogP contribution in [0.25, 0.3) is 0 Å². The van der Waals surface area contributed by atoms with Crippen LogP contribution in [0.1, 0.15) is 13.8 Å². The average Bonchev–Trinajstić information content (AvgIpc) is 2.23. The molecule has 0 unspecified atom stereocenters. The second-order valence-electron chi connectivity index (χ2n) is 3.82. The Hall–Kier alpha value is -1.11. The molecule has 0 heterocycles. The van der Waals surface area contributed by atoms with Gasteiger partial charge < -0.3 is 19.5 Å². The first kappa shape index (κ1) is 14.0. The van der Waals surface area contributed by atoms with Gasteiger partial charge in [0.15, 0.2) is 0 Å². The lowest BCUT2D eigenvalue weighted by atomic mass is 9.80. The van der Waals surface area contributed by atoms with E-state index in [0.717, 1.165) is 6.07 Å². The van der Waals surface area contributed by atoms with E-state index < -0.39 is 12.9 Å². The van der Waals surface area contributed by atoms with Crippen LogP contribution >= 0.6 is 0 Å². The van der Waals surface area contributed by atoms with Crippen molar-refractivity contribution in [1.29, 1.82) is 0 Å². The van der Waals surface area contributed by atoms with Gasteiger partial charge in [0.05, 0.1) is 12.7 Å². The molecule has 94 valence electrons. The van der Waals surface area contributed by atoms with Crippen molar-refractivity contribution in [1.82, 2.24) is 0 Å². The molecule has 0 bridgehead atoms. The Balaban J connectivity index is 2.47. The second-order valence-corrected chi connectivity index (χ2v) is 3.82. The lowest BCUT2D eigenvalue weighted by Crippen LogP contribution is -2.32. The van der Waals surface area contributed by atoms with Crippen LogP contribution in [0.2, 0.25) is 0 Å². The molecule has 1 aromatic rings. The van der Waals surface area contributed by atoms with E-state index in [9.17, 15) is 4.39 Å². The molecule has 0 saturated heterocycles. The SMILES string of the molecule is CC(C)OCCOc1ccc(B(O)O)c(F)c1. The quantitative estimate of drug-likeness (QED) is 0.556. The topological polar surface area (TPSA) is 58.9 Å². The maximum absolute atomic E-state index is 13.3. The summed E-state index contributed by atoms with van der Waals surface area (Å²) in [6.45, 7) is 4.57. The molecule has 0 atom stereocenters. The molecule has 0 aliphatic heterocycles. The Morgan fingerprint density at radius 1 is 1.29 bits per heavy atom. The fraction of sp³-hybridized carbons (Fsp3) is 0.455. The van der Waals surface area contributed by atoms with E-state index in [2.05, 4.69) is 0 Å². The molecule has 0 radical (unpaired) electrons. The number of hydrogen-bond acceptors (Lipinski definition) is 4. The molecule has 17 heavy (non-hydrogen) atoms. The van der Waals surface area contributed by atoms with Crippen molar-refractivity contribution < 1.29 is 23.9 Å². The Kier molecular flexibility index (Phi) is 5.41. The van der Waals surface area contributed by atoms with E-state index >= 15 is 0 Å². The third-order valence-corrected chi connectivity index (χ3v) is 2.05. The highest BCUT2D eigenvalue weighted by Gasteiger charge is 2.16. The van der Waals surface area contributed by atoms with E-state index in [1.54, 1.807) is 0 Å². The first-order valence-corrected chi connectivity index (χ1v) is 5.40. The van der Waals surface area contributed by atoms with Crippen molar-refractivity contribution >= 4 is 12.6 Å². The molecule has 0 saturated carbocycles. The molecular formula is C11H16BFO4. The summed E-state index contributed by atoms with van der Waals surface area (Å²) in [5.74, 6) is -0.374. The monoisotopic (exact) mass is 242 g/mol. The van der Waals surface area contributed by atoms with Gasteiger partial charge in [0.2, 0.25) is 0 Å². The Labute approximate surface area is 100 Å². The van der Waals surface area contributed by atoms with E-state index in [1.165, 1.54) is 12.1 Å². The Morgan fingerprint density at radius 3 is 2.53 bits per heavy atom. The number of rotatable bonds is 6. The summed E-state index contributed by atoms with van der Waals surface area (Å²) in [6, 6.07) is 3.87. The molecule has 0 amide bonds. The van der Waals surface area contributed by atoms with Crippen molar-refractivity contribution in [3.8, 4) is 5.75 Å². The summed E-state index contributed by atoms with van der Waals surface area (Å²) in [6.07, 6.45) is 0.127. The van der Waals surface area contributed by atoms with E-state index in [-0.39, 0.29) is 11.6 Å². The van der Waals surface area contributed by atoms with Gasteiger partial charge in [-0.3, -0.25) is 0 Å². The number of benzene rings is 1. The predicted molar refractivity (Wildman–Crippen MR) is 62.8 cm³/mol. The minimum absolute atomic E-state index is 0.127. The lowest BCUT2D eigenvalue weighted by molar-refractivity contribution is 0.0552. The lowest BCUT2D eigenvalue weighted by Gasteiger charge is -2.10. The minimum atomic E-state index is -1.81. The van der Waals surface area contributed by atoms with Crippen LogP contribution in [0.3, 0.4) is 0 Å². The van der Waals surface area contributed by atoms with Crippen LogP contribution in [0.4, 0.5) is 4.39 Å². The smallest absolute Gasteiger partial charge is 0.491 e. The van der Waals surface area contributed by atoms with Crippen molar-refractivity contribution in [2.75, 3.05) is 13.2 Å². The van der Waals surface area contributed by atoms with Gasteiger partial charge in [0.1, 0.15) is 18.2 Å². The molecule has 0 aliphatic rings. The highest BCUT2D eigenvalue weighted by Crippen LogP contribution is 2.11. The van der Waals surface area contributed by atoms with E-state index in [4.69, 9.17) is 19.5 Å². The molecular weight excluding hydrogens is 226 g/mol. The standard InChI is InChI=1S/C11H16BFO4/c1-8(2)16-5-6-17-9-3-4-10(12(14)15)11(13)7-9/h3-4,7-8,14-15H,5-6H2,1-2H3. The molecule has 0 fully saturated rings. The van der Waals surface area contributed by atoms with Gasteiger partial charge in [0, 0.05) is 11.5 Å². The van der Waals surface area contributed by atoms with Gasteiger partial charge in [-0.1, -0.05) is 6.07 Å². The molecule has 1 aromatic carbocycles. The number of halogens is 1. The molecule has 0 spiro atoms. The van der Waals surface area contributed by atoms with Crippen LogP contribution < -0.4 is 10.2 Å². The molecule has 1 rings (SSSR count). The van der Waals surface area contributed by atoms with E-state index in [0.29, 0.717) is 19.0 Å². The van der Waals surface area contributed by atoms with Crippen LogP contribution in [-0.4, -0.2) is 36.5 Å². The summed E-state index contributed by atoms with van der Waals surface area (Å²) in [5, 5.41) is 17.7. The molecule has 2 N–H and O–H groups in total. The zero-order valence-electron chi connectivity index (χ0n) is 9.89. The first-order valence-electron chi connectivity index (χ1n) is 5.40. The van der Waals surface area contributed by atoms with Crippen LogP contribution in [-0.2, 0) is 4.74 Å². The third-order valence-electron chi connectivity index (χ3n) is 2.05. The van der Waals surface area contributed by atoms with Crippen molar-refractivity contribution in [3.05, 3.63) is 24.0 Å².